The van der Waals surface area contributed by atoms with Gasteiger partial charge in [-0.3, -0.25) is 0 Å². The molecule has 0 aliphatic heterocycles. The van der Waals surface area contributed by atoms with Crippen LogP contribution in [0, 0.1) is 0 Å². The van der Waals surface area contributed by atoms with Gasteiger partial charge in [0.25, 0.3) is 0 Å². The highest BCUT2D eigenvalue weighted by atomic mass is 79.9. The number of halogens is 3. The highest BCUT2D eigenvalue weighted by molar-refractivity contribution is 9.10. The summed E-state index contributed by atoms with van der Waals surface area (Å²) in [6, 6.07) is 5.23. The molecule has 0 amide bonds. The van der Waals surface area contributed by atoms with Gasteiger partial charge >= 0.3 is 12.0 Å². The average molecular weight is 351 g/mol. The van der Waals surface area contributed by atoms with Crippen LogP contribution in [-0.2, 0) is 0 Å². The first-order valence-electron chi connectivity index (χ1n) is 4.67. The molecule has 18 heavy (non-hydrogen) atoms. The number of hydrogen-bond donors (Lipinski definition) is 0. The molecule has 5 nitrogen and oxygen atoms in total. The largest absolute Gasteiger partial charge is 0.467 e. The number of ether oxygens (including phenoxy) is 2. The molecule has 0 radical (unpaired) electrons. The van der Waals surface area contributed by atoms with Crippen molar-refractivity contribution in [2.24, 2.45) is 0 Å². The lowest BCUT2D eigenvalue weighted by Gasteiger charge is -2.07. The quantitative estimate of drug-likeness (QED) is 0.843. The first kappa shape index (κ1) is 13.3. The molecular formula is C10H6BrCl2N3O2. The number of benzene rings is 1. The van der Waals surface area contributed by atoms with Gasteiger partial charge in [0.15, 0.2) is 5.75 Å². The summed E-state index contributed by atoms with van der Waals surface area (Å²) in [5, 5.41) is 0.400. The number of hydrogen-bond acceptors (Lipinski definition) is 5. The smallest absolute Gasteiger partial charge is 0.329 e. The fraction of sp³-hybridized carbons (Fsp3) is 0.100. The summed E-state index contributed by atoms with van der Waals surface area (Å²) in [5.74, 6) is 0.398. The van der Waals surface area contributed by atoms with E-state index in [1.807, 2.05) is 0 Å². The van der Waals surface area contributed by atoms with Gasteiger partial charge in [-0.05, 0) is 29.8 Å². The standard InChI is InChI=1S/C10H6BrCl2N3O2/c1-17-9-14-8(13)15-10(16-9)18-7-4-5(11)2-3-6(7)12/h2-4H,1H3. The summed E-state index contributed by atoms with van der Waals surface area (Å²) < 4.78 is 11.1. The molecular weight excluding hydrogens is 345 g/mol. The third-order valence-corrected chi connectivity index (χ3v) is 2.82. The molecule has 0 aliphatic carbocycles. The minimum atomic E-state index is -0.0250. The Bertz CT molecular complexity index is 583. The zero-order valence-corrected chi connectivity index (χ0v) is 12.1. The zero-order chi connectivity index (χ0) is 13.1. The van der Waals surface area contributed by atoms with Crippen molar-refractivity contribution in [2.75, 3.05) is 7.11 Å². The summed E-state index contributed by atoms with van der Waals surface area (Å²) in [5.41, 5.74) is 0. The molecule has 2 rings (SSSR count). The Kier molecular flexibility index (Phi) is 4.21. The lowest BCUT2D eigenvalue weighted by molar-refractivity contribution is 0.359. The minimum Gasteiger partial charge on any atom is -0.467 e. The number of methoxy groups -OCH3 is 1. The Morgan fingerprint density at radius 1 is 1.11 bits per heavy atom. The summed E-state index contributed by atoms with van der Waals surface area (Å²) in [6.45, 7) is 0. The van der Waals surface area contributed by atoms with Crippen LogP contribution in [0.1, 0.15) is 0 Å². The van der Waals surface area contributed by atoms with E-state index >= 15 is 0 Å². The summed E-state index contributed by atoms with van der Waals surface area (Å²) >= 11 is 15.0. The van der Waals surface area contributed by atoms with Crippen LogP contribution in [0.2, 0.25) is 10.3 Å². The van der Waals surface area contributed by atoms with Gasteiger partial charge < -0.3 is 9.47 Å². The lowest BCUT2D eigenvalue weighted by Crippen LogP contribution is -1.98. The molecule has 0 saturated carbocycles. The SMILES string of the molecule is COc1nc(Cl)nc(Oc2cc(Br)ccc2Cl)n1. The van der Waals surface area contributed by atoms with Crippen molar-refractivity contribution < 1.29 is 9.47 Å². The molecule has 0 spiro atoms. The van der Waals surface area contributed by atoms with E-state index in [-0.39, 0.29) is 17.3 Å². The number of nitrogens with zero attached hydrogens (tertiary/aromatic N) is 3. The second-order valence-corrected chi connectivity index (χ2v) is 4.71. The normalized spacial score (nSPS) is 10.2. The Morgan fingerprint density at radius 3 is 2.56 bits per heavy atom. The van der Waals surface area contributed by atoms with Crippen LogP contribution in [0.25, 0.3) is 0 Å². The van der Waals surface area contributed by atoms with Crippen molar-refractivity contribution in [3.05, 3.63) is 33.0 Å². The Balaban J connectivity index is 2.33. The topological polar surface area (TPSA) is 57.1 Å². The van der Waals surface area contributed by atoms with Crippen molar-refractivity contribution in [2.45, 2.75) is 0 Å². The maximum Gasteiger partial charge on any atom is 0.329 e. The van der Waals surface area contributed by atoms with Gasteiger partial charge in [-0.15, -0.1) is 4.98 Å². The van der Waals surface area contributed by atoms with Gasteiger partial charge in [0, 0.05) is 4.47 Å². The first-order valence-corrected chi connectivity index (χ1v) is 6.22. The van der Waals surface area contributed by atoms with Crippen molar-refractivity contribution in [1.29, 1.82) is 0 Å². The minimum absolute atomic E-state index is 0.00634. The van der Waals surface area contributed by atoms with E-state index in [0.717, 1.165) is 4.47 Å². The first-order chi connectivity index (χ1) is 8.58. The van der Waals surface area contributed by atoms with Crippen LogP contribution >= 0.6 is 39.1 Å². The molecule has 1 aromatic carbocycles. The molecule has 0 unspecified atom stereocenters. The predicted octanol–water partition coefficient (Wildman–Crippen LogP) is 3.74. The number of aromatic nitrogens is 3. The average Bonchev–Trinajstić information content (AvgIpc) is 2.33. The molecule has 0 bridgehead atoms. The fourth-order valence-corrected chi connectivity index (χ4v) is 1.75. The van der Waals surface area contributed by atoms with Gasteiger partial charge in [0.05, 0.1) is 12.1 Å². The van der Waals surface area contributed by atoms with Crippen LogP contribution < -0.4 is 9.47 Å². The van der Waals surface area contributed by atoms with E-state index < -0.39 is 0 Å². The van der Waals surface area contributed by atoms with Crippen LogP contribution in [0.5, 0.6) is 17.8 Å². The van der Waals surface area contributed by atoms with E-state index in [0.29, 0.717) is 10.8 Å². The second-order valence-electron chi connectivity index (χ2n) is 3.05. The summed E-state index contributed by atoms with van der Waals surface area (Å²) in [6.07, 6.45) is 0. The van der Waals surface area contributed by atoms with Crippen molar-refractivity contribution in [3.63, 3.8) is 0 Å². The predicted molar refractivity (Wildman–Crippen MR) is 70.6 cm³/mol. The van der Waals surface area contributed by atoms with Gasteiger partial charge in [0.2, 0.25) is 5.28 Å². The van der Waals surface area contributed by atoms with Crippen LogP contribution in [0.15, 0.2) is 22.7 Å². The lowest BCUT2D eigenvalue weighted by atomic mass is 10.3. The van der Waals surface area contributed by atoms with Gasteiger partial charge in [-0.25, -0.2) is 0 Å². The van der Waals surface area contributed by atoms with Crippen molar-refractivity contribution in [3.8, 4) is 17.8 Å². The monoisotopic (exact) mass is 349 g/mol. The molecule has 0 atom stereocenters. The highest BCUT2D eigenvalue weighted by Gasteiger charge is 2.10. The third-order valence-electron chi connectivity index (χ3n) is 1.84. The molecule has 0 saturated heterocycles. The molecule has 2 aromatic rings. The second kappa shape index (κ2) is 5.69. The van der Waals surface area contributed by atoms with Crippen molar-refractivity contribution >= 4 is 39.1 Å². The van der Waals surface area contributed by atoms with Crippen molar-refractivity contribution in [1.82, 2.24) is 15.0 Å². The molecule has 94 valence electrons. The van der Waals surface area contributed by atoms with E-state index in [1.165, 1.54) is 7.11 Å². The summed E-state index contributed by atoms with van der Waals surface area (Å²) in [4.78, 5) is 11.4. The third kappa shape index (κ3) is 3.22. The van der Waals surface area contributed by atoms with E-state index in [2.05, 4.69) is 30.9 Å². The molecule has 0 N–H and O–H groups in total. The van der Waals surface area contributed by atoms with Gasteiger partial charge in [-0.1, -0.05) is 27.5 Å². The molecule has 0 aliphatic rings. The molecule has 1 heterocycles. The molecule has 1 aromatic heterocycles. The van der Waals surface area contributed by atoms with Gasteiger partial charge in [-0.2, -0.15) is 9.97 Å². The van der Waals surface area contributed by atoms with E-state index in [4.69, 9.17) is 32.7 Å². The van der Waals surface area contributed by atoms with E-state index in [1.54, 1.807) is 18.2 Å². The maximum atomic E-state index is 5.98. The fourth-order valence-electron chi connectivity index (χ4n) is 1.11. The van der Waals surface area contributed by atoms with Crippen LogP contribution in [0.3, 0.4) is 0 Å². The molecule has 8 heteroatoms. The van der Waals surface area contributed by atoms with E-state index in [9.17, 15) is 0 Å². The van der Waals surface area contributed by atoms with Crippen LogP contribution in [-0.4, -0.2) is 22.1 Å². The Hall–Kier alpha value is -1.11. The van der Waals surface area contributed by atoms with Crippen LogP contribution in [0.4, 0.5) is 0 Å². The number of rotatable bonds is 3. The highest BCUT2D eigenvalue weighted by Crippen LogP contribution is 2.31. The Labute approximate surface area is 121 Å². The summed E-state index contributed by atoms with van der Waals surface area (Å²) in [7, 11) is 1.42. The maximum absolute atomic E-state index is 5.98. The molecule has 0 fully saturated rings. The Morgan fingerprint density at radius 2 is 1.83 bits per heavy atom. The van der Waals surface area contributed by atoms with Gasteiger partial charge in [0.1, 0.15) is 0 Å². The zero-order valence-electron chi connectivity index (χ0n) is 9.02.